The van der Waals surface area contributed by atoms with Crippen LogP contribution in [0, 0.1) is 0 Å². The maximum Gasteiger partial charge on any atom is 0.239 e. The molecule has 5 heteroatoms. The smallest absolute Gasteiger partial charge is 0.239 e. The predicted molar refractivity (Wildman–Crippen MR) is 54.6 cm³/mol. The Morgan fingerprint density at radius 3 is 2.93 bits per heavy atom. The van der Waals surface area contributed by atoms with Gasteiger partial charge in [0, 0.05) is 13.2 Å². The lowest BCUT2D eigenvalue weighted by Gasteiger charge is -2.25. The van der Waals surface area contributed by atoms with Crippen LogP contribution in [-0.4, -0.2) is 50.5 Å². The molecule has 1 amide bonds. The third kappa shape index (κ3) is 2.68. The fraction of sp³-hybridized carbons (Fsp3) is 0.900. The van der Waals surface area contributed by atoms with Gasteiger partial charge in [-0.3, -0.25) is 4.79 Å². The highest BCUT2D eigenvalue weighted by molar-refractivity contribution is 5.82. The summed E-state index contributed by atoms with van der Waals surface area (Å²) in [5.74, 6) is 0.0250. The van der Waals surface area contributed by atoms with Crippen molar-refractivity contribution in [2.45, 2.75) is 31.5 Å². The van der Waals surface area contributed by atoms with E-state index in [-0.39, 0.29) is 24.1 Å². The van der Waals surface area contributed by atoms with Crippen molar-refractivity contribution in [1.29, 1.82) is 0 Å². The summed E-state index contributed by atoms with van der Waals surface area (Å²) in [5.41, 5.74) is 0. The van der Waals surface area contributed by atoms with Crippen molar-refractivity contribution < 1.29 is 14.3 Å². The number of hydrogen-bond acceptors (Lipinski definition) is 4. The lowest BCUT2D eigenvalue weighted by atomic mass is 10.1. The van der Waals surface area contributed by atoms with Gasteiger partial charge < -0.3 is 20.1 Å². The molecular formula is C10H18N2O3. The van der Waals surface area contributed by atoms with Gasteiger partial charge in [0.15, 0.2) is 0 Å². The van der Waals surface area contributed by atoms with Crippen LogP contribution >= 0.6 is 0 Å². The molecule has 0 bridgehead atoms. The Morgan fingerprint density at radius 2 is 2.33 bits per heavy atom. The first kappa shape index (κ1) is 10.9. The van der Waals surface area contributed by atoms with Gasteiger partial charge >= 0.3 is 0 Å². The number of ether oxygens (including phenoxy) is 2. The molecule has 2 aliphatic heterocycles. The molecule has 0 saturated carbocycles. The molecule has 3 unspecified atom stereocenters. The van der Waals surface area contributed by atoms with Gasteiger partial charge in [0.25, 0.3) is 0 Å². The third-order valence-corrected chi connectivity index (χ3v) is 2.94. The van der Waals surface area contributed by atoms with Crippen molar-refractivity contribution in [3.63, 3.8) is 0 Å². The summed E-state index contributed by atoms with van der Waals surface area (Å²) in [6.07, 6.45) is 1.03. The van der Waals surface area contributed by atoms with E-state index in [0.717, 1.165) is 19.6 Å². The highest BCUT2D eigenvalue weighted by Crippen LogP contribution is 2.12. The van der Waals surface area contributed by atoms with Crippen molar-refractivity contribution in [2.75, 3.05) is 26.4 Å². The number of carbonyl (C=O) groups is 1. The Balaban J connectivity index is 1.80. The SMILES string of the molecule is CC1OCCC1NC(=O)C1COCCN1. The van der Waals surface area contributed by atoms with E-state index in [1.165, 1.54) is 0 Å². The van der Waals surface area contributed by atoms with Crippen LogP contribution in [0.2, 0.25) is 0 Å². The van der Waals surface area contributed by atoms with Gasteiger partial charge in [-0.25, -0.2) is 0 Å². The molecule has 0 spiro atoms. The number of morpholine rings is 1. The Labute approximate surface area is 89.5 Å². The standard InChI is InChI=1S/C10H18N2O3/c1-7-8(2-4-15-7)12-10(13)9-6-14-5-3-11-9/h7-9,11H,2-6H2,1H3,(H,12,13). The maximum absolute atomic E-state index is 11.8. The number of hydrogen-bond donors (Lipinski definition) is 2. The Bertz CT molecular complexity index is 229. The second-order valence-corrected chi connectivity index (χ2v) is 4.06. The van der Waals surface area contributed by atoms with Crippen LogP contribution in [0.4, 0.5) is 0 Å². The monoisotopic (exact) mass is 214 g/mol. The van der Waals surface area contributed by atoms with E-state index in [4.69, 9.17) is 9.47 Å². The molecule has 2 rings (SSSR count). The summed E-state index contributed by atoms with van der Waals surface area (Å²) in [7, 11) is 0. The second-order valence-electron chi connectivity index (χ2n) is 4.06. The van der Waals surface area contributed by atoms with Crippen molar-refractivity contribution >= 4 is 5.91 Å². The first-order valence-corrected chi connectivity index (χ1v) is 5.50. The molecule has 3 atom stereocenters. The normalized spacial score (nSPS) is 36.5. The van der Waals surface area contributed by atoms with Crippen LogP contribution in [0.15, 0.2) is 0 Å². The first-order valence-electron chi connectivity index (χ1n) is 5.50. The maximum atomic E-state index is 11.8. The molecule has 0 radical (unpaired) electrons. The molecule has 0 aromatic carbocycles. The fourth-order valence-corrected chi connectivity index (χ4v) is 1.94. The summed E-state index contributed by atoms with van der Waals surface area (Å²) in [4.78, 5) is 11.8. The van der Waals surface area contributed by atoms with Crippen LogP contribution in [0.3, 0.4) is 0 Å². The van der Waals surface area contributed by atoms with Crippen LogP contribution in [-0.2, 0) is 14.3 Å². The summed E-state index contributed by atoms with van der Waals surface area (Å²) < 4.78 is 10.6. The predicted octanol–water partition coefficient (Wildman–Crippen LogP) is -0.732. The van der Waals surface area contributed by atoms with E-state index >= 15 is 0 Å². The van der Waals surface area contributed by atoms with Gasteiger partial charge in [0.2, 0.25) is 5.91 Å². The van der Waals surface area contributed by atoms with Gasteiger partial charge in [-0.1, -0.05) is 0 Å². The Kier molecular flexibility index (Phi) is 3.56. The summed E-state index contributed by atoms with van der Waals surface area (Å²) >= 11 is 0. The molecule has 0 aromatic heterocycles. The van der Waals surface area contributed by atoms with E-state index in [1.807, 2.05) is 6.92 Å². The van der Waals surface area contributed by atoms with Crippen molar-refractivity contribution in [3.8, 4) is 0 Å². The van der Waals surface area contributed by atoms with Crippen LogP contribution in [0.1, 0.15) is 13.3 Å². The van der Waals surface area contributed by atoms with E-state index in [2.05, 4.69) is 10.6 Å². The van der Waals surface area contributed by atoms with E-state index in [1.54, 1.807) is 0 Å². The van der Waals surface area contributed by atoms with E-state index in [0.29, 0.717) is 13.2 Å². The van der Waals surface area contributed by atoms with Gasteiger partial charge in [-0.2, -0.15) is 0 Å². The largest absolute Gasteiger partial charge is 0.378 e. The molecule has 2 fully saturated rings. The molecular weight excluding hydrogens is 196 g/mol. The molecule has 0 aromatic rings. The number of nitrogens with one attached hydrogen (secondary N) is 2. The van der Waals surface area contributed by atoms with E-state index < -0.39 is 0 Å². The molecule has 2 N–H and O–H groups in total. The summed E-state index contributed by atoms with van der Waals surface area (Å²) in [6, 6.07) is -0.0484. The van der Waals surface area contributed by atoms with Crippen molar-refractivity contribution in [1.82, 2.24) is 10.6 Å². The quantitative estimate of drug-likeness (QED) is 0.636. The minimum absolute atomic E-state index is 0.0250. The average molecular weight is 214 g/mol. The first-order chi connectivity index (χ1) is 7.27. The van der Waals surface area contributed by atoms with Crippen molar-refractivity contribution in [3.05, 3.63) is 0 Å². The lowest BCUT2D eigenvalue weighted by Crippen LogP contribution is -2.54. The van der Waals surface area contributed by atoms with Gasteiger partial charge in [-0.05, 0) is 13.3 Å². The molecule has 2 aliphatic rings. The summed E-state index contributed by atoms with van der Waals surface area (Å²) in [6.45, 7) is 4.62. The third-order valence-electron chi connectivity index (χ3n) is 2.94. The lowest BCUT2D eigenvalue weighted by molar-refractivity contribution is -0.127. The highest BCUT2D eigenvalue weighted by Gasteiger charge is 2.29. The van der Waals surface area contributed by atoms with Gasteiger partial charge in [0.05, 0.1) is 25.4 Å². The number of amides is 1. The minimum Gasteiger partial charge on any atom is -0.378 e. The molecule has 0 aliphatic carbocycles. The number of rotatable bonds is 2. The highest BCUT2D eigenvalue weighted by atomic mass is 16.5. The van der Waals surface area contributed by atoms with Crippen LogP contribution in [0.25, 0.3) is 0 Å². The van der Waals surface area contributed by atoms with E-state index in [9.17, 15) is 4.79 Å². The zero-order chi connectivity index (χ0) is 10.7. The molecule has 15 heavy (non-hydrogen) atoms. The molecule has 2 saturated heterocycles. The topological polar surface area (TPSA) is 59.6 Å². The average Bonchev–Trinajstić information content (AvgIpc) is 2.66. The zero-order valence-electron chi connectivity index (χ0n) is 8.99. The van der Waals surface area contributed by atoms with Crippen LogP contribution in [0.5, 0.6) is 0 Å². The van der Waals surface area contributed by atoms with Crippen molar-refractivity contribution in [2.24, 2.45) is 0 Å². The Hall–Kier alpha value is -0.650. The fourth-order valence-electron chi connectivity index (χ4n) is 1.94. The Morgan fingerprint density at radius 1 is 1.47 bits per heavy atom. The van der Waals surface area contributed by atoms with Crippen LogP contribution < -0.4 is 10.6 Å². The zero-order valence-corrected chi connectivity index (χ0v) is 8.99. The van der Waals surface area contributed by atoms with Gasteiger partial charge in [0.1, 0.15) is 6.04 Å². The second kappa shape index (κ2) is 4.92. The molecule has 86 valence electrons. The molecule has 5 nitrogen and oxygen atoms in total. The minimum atomic E-state index is -0.202. The number of carbonyl (C=O) groups excluding carboxylic acids is 1. The molecule has 2 heterocycles. The van der Waals surface area contributed by atoms with Gasteiger partial charge in [-0.15, -0.1) is 0 Å². The summed E-state index contributed by atoms with van der Waals surface area (Å²) in [5, 5.41) is 6.12.